The van der Waals surface area contributed by atoms with Gasteiger partial charge in [-0.15, -0.1) is 12.4 Å². The van der Waals surface area contributed by atoms with Crippen LogP contribution in [0.1, 0.15) is 61.6 Å². The third-order valence-electron chi connectivity index (χ3n) is 6.96. The number of pyridine rings is 2. The normalized spacial score (nSPS) is 19.7. The molecule has 2 fully saturated rings. The number of nitrogens with zero attached hydrogens (tertiary/aromatic N) is 5. The van der Waals surface area contributed by atoms with Crippen LogP contribution in [-0.2, 0) is 0 Å². The van der Waals surface area contributed by atoms with E-state index in [4.69, 9.17) is 4.98 Å². The lowest BCUT2D eigenvalue weighted by Crippen LogP contribution is -2.27. The Hall–Kier alpha value is -3.47. The molecule has 0 radical (unpaired) electrons. The maximum absolute atomic E-state index is 10.6. The Morgan fingerprint density at radius 2 is 1.83 bits per heavy atom. The Morgan fingerprint density at radius 1 is 0.971 bits per heavy atom. The number of benzene rings is 1. The topological polar surface area (TPSA) is 99.7 Å². The number of halogens is 1. The number of anilines is 2. The molecule has 178 valence electrons. The zero-order valence-electron chi connectivity index (χ0n) is 19.3. The average Bonchev–Trinajstić information content (AvgIpc) is 3.64. The predicted molar refractivity (Wildman–Crippen MR) is 138 cm³/mol. The lowest BCUT2D eigenvalue weighted by Gasteiger charge is -2.29. The second-order valence-electron chi connectivity index (χ2n) is 9.39. The fourth-order valence-corrected chi connectivity index (χ4v) is 4.98. The van der Waals surface area contributed by atoms with Crippen LogP contribution in [-0.4, -0.2) is 30.7 Å². The van der Waals surface area contributed by atoms with Gasteiger partial charge >= 0.3 is 0 Å². The highest BCUT2D eigenvalue weighted by molar-refractivity contribution is 5.85. The summed E-state index contributed by atoms with van der Waals surface area (Å²) in [6, 6.07) is 16.1. The molecule has 0 saturated heterocycles. The number of nitrogens with one attached hydrogen (secondary N) is 1. The number of hydrogen-bond donors (Lipinski definition) is 2. The number of aliphatic hydroxyl groups excluding tert-OH is 1. The highest BCUT2D eigenvalue weighted by Crippen LogP contribution is 2.42. The molecule has 1 aromatic carbocycles. The molecule has 2 saturated carbocycles. The van der Waals surface area contributed by atoms with Crippen molar-refractivity contribution in [2.45, 2.75) is 56.6 Å². The second kappa shape index (κ2) is 9.65. The SMILES string of the molecule is Cl.N#Cc1ccnc(Nc2cc(C3CC3)cc(-c3ccc4ncn([C@@H]5CCCC[C@H]5O)c4c3)n2)c1. The summed E-state index contributed by atoms with van der Waals surface area (Å²) in [6.07, 6.45) is 9.55. The predicted octanol–water partition coefficient (Wildman–Crippen LogP) is 5.88. The van der Waals surface area contributed by atoms with Crippen LogP contribution in [0.15, 0.2) is 55.0 Å². The van der Waals surface area contributed by atoms with Gasteiger partial charge in [-0.05, 0) is 73.6 Å². The molecular weight excluding hydrogens is 460 g/mol. The Labute approximate surface area is 210 Å². The molecule has 3 heterocycles. The lowest BCUT2D eigenvalue weighted by atomic mass is 9.92. The van der Waals surface area contributed by atoms with E-state index >= 15 is 0 Å². The molecule has 2 N–H and O–H groups in total. The van der Waals surface area contributed by atoms with E-state index in [0.717, 1.165) is 53.8 Å². The molecule has 3 aromatic heterocycles. The minimum Gasteiger partial charge on any atom is -0.391 e. The summed E-state index contributed by atoms with van der Waals surface area (Å²) < 4.78 is 2.14. The van der Waals surface area contributed by atoms with E-state index in [1.165, 1.54) is 18.4 Å². The van der Waals surface area contributed by atoms with Crippen molar-refractivity contribution < 1.29 is 5.11 Å². The molecule has 2 aliphatic rings. The summed E-state index contributed by atoms with van der Waals surface area (Å²) in [6.45, 7) is 0. The van der Waals surface area contributed by atoms with Gasteiger partial charge in [0.2, 0.25) is 0 Å². The van der Waals surface area contributed by atoms with Crippen LogP contribution in [0, 0.1) is 11.3 Å². The van der Waals surface area contributed by atoms with Crippen LogP contribution in [0.2, 0.25) is 0 Å². The van der Waals surface area contributed by atoms with E-state index < -0.39 is 0 Å². The number of aliphatic hydroxyl groups is 1. The Kier molecular flexibility index (Phi) is 6.42. The maximum atomic E-state index is 10.6. The Bertz CT molecular complexity index is 1410. The molecular formula is C27H27ClN6O. The summed E-state index contributed by atoms with van der Waals surface area (Å²) in [5.74, 6) is 1.89. The van der Waals surface area contributed by atoms with Crippen LogP contribution >= 0.6 is 12.4 Å². The van der Waals surface area contributed by atoms with Crippen LogP contribution in [0.25, 0.3) is 22.3 Å². The number of hydrogen-bond acceptors (Lipinski definition) is 6. The van der Waals surface area contributed by atoms with Gasteiger partial charge in [-0.3, -0.25) is 0 Å². The van der Waals surface area contributed by atoms with Gasteiger partial charge in [-0.1, -0.05) is 18.9 Å². The van der Waals surface area contributed by atoms with Crippen LogP contribution in [0.3, 0.4) is 0 Å². The van der Waals surface area contributed by atoms with Crippen molar-refractivity contribution in [1.29, 1.82) is 5.26 Å². The molecule has 6 rings (SSSR count). The molecule has 0 bridgehead atoms. The van der Waals surface area contributed by atoms with Crippen molar-refractivity contribution in [3.8, 4) is 17.3 Å². The number of fused-ring (bicyclic) bond motifs is 1. The van der Waals surface area contributed by atoms with Crippen molar-refractivity contribution in [3.05, 3.63) is 66.1 Å². The third kappa shape index (κ3) is 4.72. The zero-order chi connectivity index (χ0) is 23.1. The van der Waals surface area contributed by atoms with Crippen LogP contribution in [0.4, 0.5) is 11.6 Å². The summed E-state index contributed by atoms with van der Waals surface area (Å²) in [5, 5.41) is 23.1. The summed E-state index contributed by atoms with van der Waals surface area (Å²) in [5.41, 5.74) is 5.68. The fraction of sp³-hybridized carbons (Fsp3) is 0.333. The second-order valence-corrected chi connectivity index (χ2v) is 9.39. The molecule has 0 spiro atoms. The van der Waals surface area contributed by atoms with Gasteiger partial charge < -0.3 is 15.0 Å². The average molecular weight is 487 g/mol. The zero-order valence-corrected chi connectivity index (χ0v) is 20.1. The lowest BCUT2D eigenvalue weighted by molar-refractivity contribution is 0.0773. The number of aromatic nitrogens is 4. The summed E-state index contributed by atoms with van der Waals surface area (Å²) in [7, 11) is 0. The minimum absolute atomic E-state index is 0. The number of rotatable bonds is 5. The highest BCUT2D eigenvalue weighted by atomic mass is 35.5. The van der Waals surface area contributed by atoms with Gasteiger partial charge in [0.25, 0.3) is 0 Å². The first-order valence-electron chi connectivity index (χ1n) is 12.0. The summed E-state index contributed by atoms with van der Waals surface area (Å²) >= 11 is 0. The Balaban J connectivity index is 0.00000253. The molecule has 2 atom stereocenters. The van der Waals surface area contributed by atoms with Gasteiger partial charge in [0.15, 0.2) is 0 Å². The first-order valence-corrected chi connectivity index (χ1v) is 12.0. The van der Waals surface area contributed by atoms with E-state index in [2.05, 4.69) is 50.2 Å². The van der Waals surface area contributed by atoms with Crippen molar-refractivity contribution in [1.82, 2.24) is 19.5 Å². The number of nitriles is 1. The molecule has 4 aromatic rings. The van der Waals surface area contributed by atoms with Crippen molar-refractivity contribution >= 4 is 35.1 Å². The standard InChI is InChI=1S/C27H26N6O.ClH/c28-15-17-9-10-29-26(11-17)32-27-14-20(18-5-6-18)12-22(31-27)19-7-8-21-24(13-19)33(16-30-21)23-3-1-2-4-25(23)34;/h7-14,16,18,23,25,34H,1-6H2,(H,29,31,32);1H/t23-,25-;/m1./s1. The van der Waals surface area contributed by atoms with Gasteiger partial charge in [0.1, 0.15) is 11.6 Å². The van der Waals surface area contributed by atoms with Crippen LogP contribution < -0.4 is 5.32 Å². The highest BCUT2D eigenvalue weighted by Gasteiger charge is 2.27. The fourth-order valence-electron chi connectivity index (χ4n) is 4.98. The molecule has 0 unspecified atom stereocenters. The maximum Gasteiger partial charge on any atom is 0.132 e. The van der Waals surface area contributed by atoms with Gasteiger partial charge in [0, 0.05) is 11.8 Å². The van der Waals surface area contributed by atoms with Crippen LogP contribution in [0.5, 0.6) is 0 Å². The van der Waals surface area contributed by atoms with Gasteiger partial charge in [-0.2, -0.15) is 5.26 Å². The van der Waals surface area contributed by atoms with Crippen molar-refractivity contribution in [2.75, 3.05) is 5.32 Å². The minimum atomic E-state index is -0.335. The van der Waals surface area contributed by atoms with E-state index in [0.29, 0.717) is 17.3 Å². The molecule has 7 nitrogen and oxygen atoms in total. The van der Waals surface area contributed by atoms with Crippen molar-refractivity contribution in [2.24, 2.45) is 0 Å². The first-order chi connectivity index (χ1) is 16.7. The third-order valence-corrected chi connectivity index (χ3v) is 6.96. The largest absolute Gasteiger partial charge is 0.391 e. The molecule has 0 aliphatic heterocycles. The quantitative estimate of drug-likeness (QED) is 0.365. The number of imidazole rings is 1. The molecule has 8 heteroatoms. The monoisotopic (exact) mass is 486 g/mol. The first kappa shape index (κ1) is 23.3. The molecule has 2 aliphatic carbocycles. The van der Waals surface area contributed by atoms with E-state index in [-0.39, 0.29) is 24.6 Å². The molecule has 35 heavy (non-hydrogen) atoms. The smallest absolute Gasteiger partial charge is 0.132 e. The van der Waals surface area contributed by atoms with Gasteiger partial charge in [0.05, 0.1) is 46.8 Å². The molecule has 0 amide bonds. The Morgan fingerprint density at radius 3 is 2.63 bits per heavy atom. The van der Waals surface area contributed by atoms with Crippen molar-refractivity contribution in [3.63, 3.8) is 0 Å². The van der Waals surface area contributed by atoms with E-state index in [1.54, 1.807) is 18.3 Å². The van der Waals surface area contributed by atoms with E-state index in [9.17, 15) is 10.4 Å². The van der Waals surface area contributed by atoms with Gasteiger partial charge in [-0.25, -0.2) is 15.0 Å². The van der Waals surface area contributed by atoms with E-state index in [1.807, 2.05) is 12.4 Å². The summed E-state index contributed by atoms with van der Waals surface area (Å²) in [4.78, 5) is 13.8.